The van der Waals surface area contributed by atoms with E-state index in [0.717, 1.165) is 12.8 Å². The number of nitrogens with zero attached hydrogens (tertiary/aromatic N) is 2. The van der Waals surface area contributed by atoms with Crippen LogP contribution in [-0.4, -0.2) is 58.2 Å². The molecular formula is C20H25ClN2O5S2. The minimum Gasteiger partial charge on any atom is -0.494 e. The lowest BCUT2D eigenvalue weighted by Crippen LogP contribution is -2.50. The van der Waals surface area contributed by atoms with E-state index in [4.69, 9.17) is 16.3 Å². The van der Waals surface area contributed by atoms with E-state index in [1.165, 1.54) is 45.0 Å². The van der Waals surface area contributed by atoms with Crippen molar-refractivity contribution in [2.24, 2.45) is 0 Å². The Morgan fingerprint density at radius 1 is 0.800 bits per heavy atom. The van der Waals surface area contributed by atoms with Gasteiger partial charge in [-0.05, 0) is 55.0 Å². The minimum atomic E-state index is -3.70. The van der Waals surface area contributed by atoms with Crippen molar-refractivity contribution in [3.8, 4) is 5.75 Å². The highest BCUT2D eigenvalue weighted by atomic mass is 35.5. The number of piperazine rings is 1. The van der Waals surface area contributed by atoms with Crippen LogP contribution in [0.5, 0.6) is 5.75 Å². The Kier molecular flexibility index (Phi) is 7.41. The topological polar surface area (TPSA) is 84.0 Å². The second-order valence-electron chi connectivity index (χ2n) is 6.94. The summed E-state index contributed by atoms with van der Waals surface area (Å²) in [5, 5.41) is 0.451. The largest absolute Gasteiger partial charge is 0.494 e. The number of halogens is 1. The normalized spacial score (nSPS) is 16.5. The zero-order valence-corrected chi connectivity index (χ0v) is 19.1. The van der Waals surface area contributed by atoms with Gasteiger partial charge in [-0.25, -0.2) is 16.8 Å². The molecule has 1 aliphatic rings. The molecule has 0 saturated carbocycles. The molecule has 2 aromatic rings. The van der Waals surface area contributed by atoms with Gasteiger partial charge >= 0.3 is 0 Å². The van der Waals surface area contributed by atoms with Gasteiger partial charge in [0.25, 0.3) is 0 Å². The Morgan fingerprint density at radius 2 is 1.23 bits per heavy atom. The van der Waals surface area contributed by atoms with Gasteiger partial charge in [-0.15, -0.1) is 0 Å². The van der Waals surface area contributed by atoms with E-state index in [1.54, 1.807) is 12.1 Å². The summed E-state index contributed by atoms with van der Waals surface area (Å²) in [4.78, 5) is 0.307. The van der Waals surface area contributed by atoms with Crippen LogP contribution in [0.3, 0.4) is 0 Å². The van der Waals surface area contributed by atoms with Gasteiger partial charge in [0.1, 0.15) is 5.75 Å². The molecule has 10 heteroatoms. The van der Waals surface area contributed by atoms with E-state index in [-0.39, 0.29) is 36.0 Å². The van der Waals surface area contributed by atoms with Crippen LogP contribution >= 0.6 is 11.6 Å². The maximum atomic E-state index is 12.9. The number of sulfonamides is 2. The Labute approximate surface area is 183 Å². The Morgan fingerprint density at radius 3 is 1.67 bits per heavy atom. The van der Waals surface area contributed by atoms with E-state index >= 15 is 0 Å². The Balaban J connectivity index is 1.65. The molecule has 0 radical (unpaired) electrons. The van der Waals surface area contributed by atoms with Gasteiger partial charge in [-0.2, -0.15) is 8.61 Å². The zero-order valence-electron chi connectivity index (χ0n) is 16.7. The molecule has 7 nitrogen and oxygen atoms in total. The summed E-state index contributed by atoms with van der Waals surface area (Å²) in [7, 11) is -7.40. The summed E-state index contributed by atoms with van der Waals surface area (Å²) in [6.45, 7) is 3.00. The van der Waals surface area contributed by atoms with Crippen molar-refractivity contribution >= 4 is 31.6 Å². The summed E-state index contributed by atoms with van der Waals surface area (Å²) >= 11 is 5.83. The van der Waals surface area contributed by atoms with Crippen molar-refractivity contribution in [1.29, 1.82) is 0 Å². The number of unbranched alkanes of at least 4 members (excludes halogenated alkanes) is 1. The number of hydrogen-bond acceptors (Lipinski definition) is 5. The molecule has 164 valence electrons. The molecule has 1 aliphatic heterocycles. The highest BCUT2D eigenvalue weighted by Gasteiger charge is 2.33. The maximum absolute atomic E-state index is 12.9. The fraction of sp³-hybridized carbons (Fsp3) is 0.400. The molecule has 30 heavy (non-hydrogen) atoms. The first-order valence-electron chi connectivity index (χ1n) is 9.74. The molecule has 2 aromatic carbocycles. The molecule has 3 rings (SSSR count). The van der Waals surface area contributed by atoms with Gasteiger partial charge < -0.3 is 4.74 Å². The first kappa shape index (κ1) is 23.0. The van der Waals surface area contributed by atoms with Crippen LogP contribution in [0.1, 0.15) is 19.8 Å². The van der Waals surface area contributed by atoms with Crippen molar-refractivity contribution in [2.75, 3.05) is 32.8 Å². The van der Waals surface area contributed by atoms with Crippen LogP contribution in [0.4, 0.5) is 0 Å². The number of rotatable bonds is 8. The molecule has 0 aliphatic carbocycles. The van der Waals surface area contributed by atoms with E-state index in [0.29, 0.717) is 17.4 Å². The standard InChI is InChI=1S/C20H25ClN2O5S2/c1-2-3-16-28-18-6-10-20(11-7-18)30(26,27)23-14-12-22(13-15-23)29(24,25)19-8-4-17(21)5-9-19/h4-11H,2-3,12-16H2,1H3. The summed E-state index contributed by atoms with van der Waals surface area (Å²) in [5.41, 5.74) is 0. The number of hydrogen-bond donors (Lipinski definition) is 0. The lowest BCUT2D eigenvalue weighted by molar-refractivity contribution is 0.272. The third kappa shape index (κ3) is 5.15. The summed E-state index contributed by atoms with van der Waals surface area (Å²) in [6, 6.07) is 12.3. The second kappa shape index (κ2) is 9.65. The predicted octanol–water partition coefficient (Wildman–Crippen LogP) is 3.21. The number of ether oxygens (including phenoxy) is 1. The molecular weight excluding hydrogens is 448 g/mol. The molecule has 0 amide bonds. The molecule has 1 fully saturated rings. The highest BCUT2D eigenvalue weighted by Crippen LogP contribution is 2.24. The average molecular weight is 473 g/mol. The van der Waals surface area contributed by atoms with Crippen LogP contribution in [-0.2, 0) is 20.0 Å². The summed E-state index contributed by atoms with van der Waals surface area (Å²) < 4.78 is 59.6. The first-order valence-corrected chi connectivity index (χ1v) is 13.0. The van der Waals surface area contributed by atoms with Crippen LogP contribution in [0.15, 0.2) is 58.3 Å². The van der Waals surface area contributed by atoms with E-state index < -0.39 is 20.0 Å². The third-order valence-corrected chi connectivity index (χ3v) is 8.95. The molecule has 0 atom stereocenters. The molecule has 1 heterocycles. The summed E-state index contributed by atoms with van der Waals surface area (Å²) in [6.07, 6.45) is 1.95. The van der Waals surface area contributed by atoms with Gasteiger partial charge in [-0.3, -0.25) is 0 Å². The maximum Gasteiger partial charge on any atom is 0.243 e. The smallest absolute Gasteiger partial charge is 0.243 e. The lowest BCUT2D eigenvalue weighted by atomic mass is 10.3. The summed E-state index contributed by atoms with van der Waals surface area (Å²) in [5.74, 6) is 0.626. The average Bonchev–Trinajstić information content (AvgIpc) is 2.75. The Hall–Kier alpha value is -1.65. The van der Waals surface area contributed by atoms with Gasteiger partial charge in [0.2, 0.25) is 20.0 Å². The second-order valence-corrected chi connectivity index (χ2v) is 11.2. The molecule has 1 saturated heterocycles. The van der Waals surface area contributed by atoms with Gasteiger partial charge in [-0.1, -0.05) is 24.9 Å². The predicted molar refractivity (Wildman–Crippen MR) is 116 cm³/mol. The fourth-order valence-electron chi connectivity index (χ4n) is 3.10. The van der Waals surface area contributed by atoms with Crippen molar-refractivity contribution in [3.63, 3.8) is 0 Å². The van der Waals surface area contributed by atoms with Gasteiger partial charge in [0.15, 0.2) is 0 Å². The van der Waals surface area contributed by atoms with Crippen LogP contribution in [0.2, 0.25) is 5.02 Å². The van der Waals surface area contributed by atoms with Crippen molar-refractivity contribution in [3.05, 3.63) is 53.6 Å². The molecule has 0 N–H and O–H groups in total. The van der Waals surface area contributed by atoms with Crippen molar-refractivity contribution in [1.82, 2.24) is 8.61 Å². The fourth-order valence-corrected chi connectivity index (χ4v) is 6.07. The molecule has 0 aromatic heterocycles. The van der Waals surface area contributed by atoms with E-state index in [9.17, 15) is 16.8 Å². The first-order chi connectivity index (χ1) is 14.2. The van der Waals surface area contributed by atoms with Crippen molar-refractivity contribution in [2.45, 2.75) is 29.6 Å². The SMILES string of the molecule is CCCCOc1ccc(S(=O)(=O)N2CCN(S(=O)(=O)c3ccc(Cl)cc3)CC2)cc1. The molecule has 0 unspecified atom stereocenters. The van der Waals surface area contributed by atoms with Crippen molar-refractivity contribution < 1.29 is 21.6 Å². The van der Waals surface area contributed by atoms with E-state index in [1.807, 2.05) is 0 Å². The molecule has 0 bridgehead atoms. The number of benzene rings is 2. The van der Waals surface area contributed by atoms with Gasteiger partial charge in [0.05, 0.1) is 16.4 Å². The van der Waals surface area contributed by atoms with Crippen LogP contribution in [0, 0.1) is 0 Å². The quantitative estimate of drug-likeness (QED) is 0.551. The molecule has 0 spiro atoms. The van der Waals surface area contributed by atoms with Gasteiger partial charge in [0, 0.05) is 31.2 Å². The zero-order chi connectivity index (χ0) is 21.8. The van der Waals surface area contributed by atoms with Crippen LogP contribution < -0.4 is 4.74 Å². The Bertz CT molecular complexity index is 1050. The third-order valence-electron chi connectivity index (χ3n) is 4.88. The van der Waals surface area contributed by atoms with Crippen LogP contribution in [0.25, 0.3) is 0 Å². The lowest BCUT2D eigenvalue weighted by Gasteiger charge is -2.33. The highest BCUT2D eigenvalue weighted by molar-refractivity contribution is 7.89. The monoisotopic (exact) mass is 472 g/mol. The van der Waals surface area contributed by atoms with E-state index in [2.05, 4.69) is 6.92 Å². The minimum absolute atomic E-state index is 0.0857.